The van der Waals surface area contributed by atoms with Gasteiger partial charge in [0.15, 0.2) is 0 Å². The van der Waals surface area contributed by atoms with E-state index in [9.17, 15) is 4.79 Å². The Hall–Kier alpha value is -2.18. The van der Waals surface area contributed by atoms with Gasteiger partial charge in [0.05, 0.1) is 6.54 Å². The molecule has 0 aromatic heterocycles. The predicted molar refractivity (Wildman–Crippen MR) is 119 cm³/mol. The van der Waals surface area contributed by atoms with Crippen LogP contribution in [0.1, 0.15) is 17.5 Å². The molecule has 2 aromatic carbocycles. The molecule has 148 valence electrons. The van der Waals surface area contributed by atoms with Crippen LogP contribution < -0.4 is 16.0 Å². The van der Waals surface area contributed by atoms with Crippen molar-refractivity contribution in [1.29, 1.82) is 0 Å². The van der Waals surface area contributed by atoms with Crippen molar-refractivity contribution < 1.29 is 4.79 Å². The Morgan fingerprint density at radius 3 is 2.79 bits per heavy atom. The lowest BCUT2D eigenvalue weighted by Gasteiger charge is -2.31. The van der Waals surface area contributed by atoms with Crippen molar-refractivity contribution in [3.63, 3.8) is 0 Å². The fraction of sp³-hybridized carbons (Fsp3) is 0.409. The van der Waals surface area contributed by atoms with Gasteiger partial charge in [0.1, 0.15) is 0 Å². The first-order valence-corrected chi connectivity index (χ1v) is 11.2. The number of hydrogen-bond donors (Lipinski definition) is 2. The third kappa shape index (κ3) is 4.62. The van der Waals surface area contributed by atoms with Gasteiger partial charge < -0.3 is 16.0 Å². The summed E-state index contributed by atoms with van der Waals surface area (Å²) in [5.41, 5.74) is 11.3. The van der Waals surface area contributed by atoms with Crippen molar-refractivity contribution in [3.05, 3.63) is 53.6 Å². The van der Waals surface area contributed by atoms with Gasteiger partial charge in [-0.2, -0.15) is 11.8 Å². The van der Waals surface area contributed by atoms with Gasteiger partial charge >= 0.3 is 0 Å². The van der Waals surface area contributed by atoms with E-state index < -0.39 is 0 Å². The van der Waals surface area contributed by atoms with Crippen LogP contribution in [0.5, 0.6) is 0 Å². The summed E-state index contributed by atoms with van der Waals surface area (Å²) in [7, 11) is 0. The Balaban J connectivity index is 1.38. The fourth-order valence-electron chi connectivity index (χ4n) is 4.03. The number of nitrogen functional groups attached to an aromatic ring is 1. The first-order chi connectivity index (χ1) is 13.7. The molecular formula is C22H28N4OS. The van der Waals surface area contributed by atoms with E-state index in [0.29, 0.717) is 6.54 Å². The van der Waals surface area contributed by atoms with Crippen molar-refractivity contribution in [1.82, 2.24) is 4.90 Å². The molecule has 0 radical (unpaired) electrons. The number of nitrogens with two attached hydrogens (primary N) is 1. The maximum atomic E-state index is 12.7. The molecule has 2 heterocycles. The molecule has 4 rings (SSSR count). The Kier molecular flexibility index (Phi) is 6.07. The molecule has 1 amide bonds. The number of carbonyl (C=O) groups is 1. The number of hydrogen-bond acceptors (Lipinski definition) is 5. The van der Waals surface area contributed by atoms with E-state index in [-0.39, 0.29) is 5.91 Å². The van der Waals surface area contributed by atoms with Crippen LogP contribution in [0.4, 0.5) is 17.1 Å². The smallest absolute Gasteiger partial charge is 0.243 e. The minimum absolute atomic E-state index is 0.0156. The van der Waals surface area contributed by atoms with Gasteiger partial charge in [0, 0.05) is 54.7 Å². The Morgan fingerprint density at radius 2 is 1.93 bits per heavy atom. The second kappa shape index (κ2) is 8.88. The highest BCUT2D eigenvalue weighted by Crippen LogP contribution is 2.31. The lowest BCUT2D eigenvalue weighted by Crippen LogP contribution is -2.37. The Bertz CT molecular complexity index is 835. The first-order valence-electron chi connectivity index (χ1n) is 10.0. The third-order valence-electron chi connectivity index (χ3n) is 5.44. The molecule has 1 saturated heterocycles. The van der Waals surface area contributed by atoms with Gasteiger partial charge in [-0.3, -0.25) is 9.69 Å². The van der Waals surface area contributed by atoms with E-state index in [1.807, 2.05) is 36.0 Å². The molecule has 3 N–H and O–H groups in total. The van der Waals surface area contributed by atoms with Crippen LogP contribution in [-0.4, -0.2) is 48.5 Å². The van der Waals surface area contributed by atoms with Gasteiger partial charge in [-0.25, -0.2) is 0 Å². The van der Waals surface area contributed by atoms with Gasteiger partial charge in [0.2, 0.25) is 5.91 Å². The molecule has 6 heteroatoms. The molecular weight excluding hydrogens is 368 g/mol. The van der Waals surface area contributed by atoms with Crippen molar-refractivity contribution in [3.8, 4) is 0 Å². The third-order valence-corrected chi connectivity index (χ3v) is 6.38. The SMILES string of the molecule is Nc1cccc2c1CCCN2CC(=O)Nc1cccc(CN2CCSCC2)c1. The van der Waals surface area contributed by atoms with Crippen LogP contribution in [0.2, 0.25) is 0 Å². The van der Waals surface area contributed by atoms with Crippen molar-refractivity contribution >= 4 is 34.7 Å². The minimum Gasteiger partial charge on any atom is -0.398 e. The maximum absolute atomic E-state index is 12.7. The highest BCUT2D eigenvalue weighted by molar-refractivity contribution is 7.99. The molecule has 0 atom stereocenters. The van der Waals surface area contributed by atoms with Crippen molar-refractivity contribution in [2.24, 2.45) is 0 Å². The fourth-order valence-corrected chi connectivity index (χ4v) is 5.01. The molecule has 0 aliphatic carbocycles. The summed E-state index contributed by atoms with van der Waals surface area (Å²) in [6, 6.07) is 14.2. The van der Waals surface area contributed by atoms with Crippen LogP contribution in [0.3, 0.4) is 0 Å². The number of nitrogens with zero attached hydrogens (tertiary/aromatic N) is 2. The average Bonchev–Trinajstić information content (AvgIpc) is 2.70. The minimum atomic E-state index is 0.0156. The molecule has 2 aromatic rings. The highest BCUT2D eigenvalue weighted by Gasteiger charge is 2.20. The van der Waals surface area contributed by atoms with Crippen LogP contribution in [0.25, 0.3) is 0 Å². The molecule has 0 bridgehead atoms. The topological polar surface area (TPSA) is 61.6 Å². The number of carbonyl (C=O) groups excluding carboxylic acids is 1. The predicted octanol–water partition coefficient (Wildman–Crippen LogP) is 3.21. The number of thioether (sulfide) groups is 1. The van der Waals surface area contributed by atoms with E-state index in [2.05, 4.69) is 33.3 Å². The van der Waals surface area contributed by atoms with Crippen LogP contribution in [-0.2, 0) is 17.8 Å². The summed E-state index contributed by atoms with van der Waals surface area (Å²) in [6.07, 6.45) is 2.01. The van der Waals surface area contributed by atoms with Gasteiger partial charge in [-0.1, -0.05) is 18.2 Å². The highest BCUT2D eigenvalue weighted by atomic mass is 32.2. The standard InChI is InChI=1S/C22H28N4OS/c23-20-7-2-8-21-19(20)6-3-9-26(21)16-22(27)24-18-5-1-4-17(14-18)15-25-10-12-28-13-11-25/h1-2,4-5,7-8,14H,3,6,9-13,15-16,23H2,(H,24,27). The molecule has 5 nitrogen and oxygen atoms in total. The molecule has 0 spiro atoms. The summed E-state index contributed by atoms with van der Waals surface area (Å²) < 4.78 is 0. The zero-order valence-corrected chi connectivity index (χ0v) is 17.0. The normalized spacial score (nSPS) is 17.2. The van der Waals surface area contributed by atoms with E-state index in [1.54, 1.807) is 0 Å². The van der Waals surface area contributed by atoms with Crippen LogP contribution >= 0.6 is 11.8 Å². The lowest BCUT2D eigenvalue weighted by atomic mass is 10.00. The zero-order chi connectivity index (χ0) is 19.3. The number of rotatable bonds is 5. The quantitative estimate of drug-likeness (QED) is 0.760. The lowest BCUT2D eigenvalue weighted by molar-refractivity contribution is -0.115. The summed E-state index contributed by atoms with van der Waals surface area (Å²) >= 11 is 2.02. The Labute approximate surface area is 171 Å². The summed E-state index contributed by atoms with van der Waals surface area (Å²) in [4.78, 5) is 17.3. The number of fused-ring (bicyclic) bond motifs is 1. The zero-order valence-electron chi connectivity index (χ0n) is 16.2. The molecule has 2 aliphatic heterocycles. The number of nitrogens with one attached hydrogen (secondary N) is 1. The van der Waals surface area contributed by atoms with Crippen molar-refractivity contribution in [2.45, 2.75) is 19.4 Å². The van der Waals surface area contributed by atoms with Gasteiger partial charge in [0.25, 0.3) is 0 Å². The summed E-state index contributed by atoms with van der Waals surface area (Å²) in [5, 5.41) is 3.08. The van der Waals surface area contributed by atoms with E-state index in [1.165, 1.54) is 22.6 Å². The van der Waals surface area contributed by atoms with Gasteiger partial charge in [-0.15, -0.1) is 0 Å². The molecule has 2 aliphatic rings. The van der Waals surface area contributed by atoms with Crippen molar-refractivity contribution in [2.75, 3.05) is 53.6 Å². The van der Waals surface area contributed by atoms with Crippen LogP contribution in [0, 0.1) is 0 Å². The first kappa shape index (κ1) is 19.2. The number of amides is 1. The second-order valence-corrected chi connectivity index (χ2v) is 8.73. The number of benzene rings is 2. The second-order valence-electron chi connectivity index (χ2n) is 7.51. The van der Waals surface area contributed by atoms with E-state index in [0.717, 1.165) is 56.1 Å². The van der Waals surface area contributed by atoms with Crippen LogP contribution in [0.15, 0.2) is 42.5 Å². The summed E-state index contributed by atoms with van der Waals surface area (Å²) in [6.45, 7) is 4.46. The average molecular weight is 397 g/mol. The molecule has 0 saturated carbocycles. The molecule has 0 unspecified atom stereocenters. The van der Waals surface area contributed by atoms with Gasteiger partial charge in [-0.05, 0) is 48.2 Å². The number of anilines is 3. The summed E-state index contributed by atoms with van der Waals surface area (Å²) in [5.74, 6) is 2.43. The Morgan fingerprint density at radius 1 is 1.11 bits per heavy atom. The molecule has 1 fully saturated rings. The largest absolute Gasteiger partial charge is 0.398 e. The molecule has 28 heavy (non-hydrogen) atoms. The monoisotopic (exact) mass is 396 g/mol. The van der Waals surface area contributed by atoms with E-state index >= 15 is 0 Å². The van der Waals surface area contributed by atoms with E-state index in [4.69, 9.17) is 5.73 Å². The maximum Gasteiger partial charge on any atom is 0.243 e.